The molecule has 0 radical (unpaired) electrons. The first-order chi connectivity index (χ1) is 9.33. The molecule has 1 nitrogen and oxygen atoms in total. The number of hydrogen-bond donors (Lipinski definition) is 0. The molecule has 0 saturated heterocycles. The average molecular weight is 282 g/mol. The summed E-state index contributed by atoms with van der Waals surface area (Å²) in [5, 5.41) is 0. The fourth-order valence-electron chi connectivity index (χ4n) is 2.26. The van der Waals surface area contributed by atoms with Gasteiger partial charge in [-0.1, -0.05) is 36.4 Å². The number of aromatic amines is 1. The Morgan fingerprint density at radius 1 is 0.650 bits per heavy atom. The van der Waals surface area contributed by atoms with E-state index in [1.165, 1.54) is 16.7 Å². The molecule has 20 heavy (non-hydrogen) atoms. The second kappa shape index (κ2) is 6.36. The molecule has 100 valence electrons. The summed E-state index contributed by atoms with van der Waals surface area (Å²) in [5.41, 5.74) is 5.99. The van der Waals surface area contributed by atoms with Crippen molar-refractivity contribution in [3.63, 3.8) is 0 Å². The zero-order chi connectivity index (χ0) is 13.1. The molecular weight excluding hydrogens is 266 g/mol. The van der Waals surface area contributed by atoms with E-state index in [1.807, 2.05) is 12.1 Å². The maximum Gasteiger partial charge on any atom is 0.211 e. The average Bonchev–Trinajstić information content (AvgIpc) is 2.48. The largest absolute Gasteiger partial charge is 1.00 e. The molecule has 0 fully saturated rings. The predicted molar refractivity (Wildman–Crippen MR) is 78.6 cm³/mol. The van der Waals surface area contributed by atoms with Crippen molar-refractivity contribution in [2.45, 2.75) is 6.92 Å². The predicted octanol–water partition coefficient (Wildman–Crippen LogP) is 1.15. The SMILES string of the molecule is Cc1cc(-c2ccccc2)[nH+]c(-c2ccccc2)c1.[Cl-]. The van der Waals surface area contributed by atoms with Crippen LogP contribution in [0.1, 0.15) is 5.56 Å². The molecule has 3 rings (SSSR count). The van der Waals surface area contributed by atoms with Gasteiger partial charge in [0.1, 0.15) is 0 Å². The Bertz CT molecular complexity index is 621. The van der Waals surface area contributed by atoms with Crippen LogP contribution < -0.4 is 17.4 Å². The van der Waals surface area contributed by atoms with Gasteiger partial charge in [0.2, 0.25) is 11.4 Å². The molecule has 0 atom stereocenters. The van der Waals surface area contributed by atoms with E-state index in [4.69, 9.17) is 0 Å². The molecule has 2 heteroatoms. The van der Waals surface area contributed by atoms with Gasteiger partial charge in [0, 0.05) is 23.3 Å². The van der Waals surface area contributed by atoms with Crippen LogP contribution in [-0.2, 0) is 0 Å². The van der Waals surface area contributed by atoms with E-state index in [0.717, 1.165) is 11.4 Å². The van der Waals surface area contributed by atoms with Crippen molar-refractivity contribution in [1.29, 1.82) is 0 Å². The van der Waals surface area contributed by atoms with E-state index in [-0.39, 0.29) is 12.4 Å². The van der Waals surface area contributed by atoms with E-state index < -0.39 is 0 Å². The quantitative estimate of drug-likeness (QED) is 0.669. The van der Waals surface area contributed by atoms with Gasteiger partial charge in [-0.2, -0.15) is 0 Å². The Morgan fingerprint density at radius 2 is 1.05 bits per heavy atom. The second-order valence-corrected chi connectivity index (χ2v) is 4.72. The standard InChI is InChI=1S/C18H15N.ClH/c1-14-12-17(15-8-4-2-5-9-15)19-18(13-14)16-10-6-3-7-11-16;/h2-13H,1H3;1H. The third-order valence-electron chi connectivity index (χ3n) is 3.18. The number of H-pyrrole nitrogens is 1. The topological polar surface area (TPSA) is 14.1 Å². The minimum atomic E-state index is 0. The summed E-state index contributed by atoms with van der Waals surface area (Å²) in [4.78, 5) is 3.52. The van der Waals surface area contributed by atoms with Crippen molar-refractivity contribution < 1.29 is 17.4 Å². The van der Waals surface area contributed by atoms with Crippen LogP contribution in [0.15, 0.2) is 72.8 Å². The Kier molecular flexibility index (Phi) is 4.54. The molecule has 0 saturated carbocycles. The molecule has 3 aromatic rings. The summed E-state index contributed by atoms with van der Waals surface area (Å²) in [6.07, 6.45) is 0. The fraction of sp³-hybridized carbons (Fsp3) is 0.0556. The number of hydrogen-bond acceptors (Lipinski definition) is 0. The molecule has 0 aliphatic heterocycles. The maximum absolute atomic E-state index is 3.52. The van der Waals surface area contributed by atoms with Crippen molar-refractivity contribution in [3.05, 3.63) is 78.4 Å². The third kappa shape index (κ3) is 3.06. The van der Waals surface area contributed by atoms with Crippen molar-refractivity contribution in [1.82, 2.24) is 0 Å². The van der Waals surface area contributed by atoms with Crippen LogP contribution in [0.3, 0.4) is 0 Å². The zero-order valence-corrected chi connectivity index (χ0v) is 12.1. The van der Waals surface area contributed by atoms with Crippen molar-refractivity contribution >= 4 is 0 Å². The highest BCUT2D eigenvalue weighted by atomic mass is 35.5. The molecular formula is C18H16ClN. The Labute approximate surface area is 125 Å². The monoisotopic (exact) mass is 281 g/mol. The lowest BCUT2D eigenvalue weighted by Crippen LogP contribution is -3.00. The molecule has 1 aromatic heterocycles. The fourth-order valence-corrected chi connectivity index (χ4v) is 2.26. The van der Waals surface area contributed by atoms with Gasteiger partial charge < -0.3 is 12.4 Å². The molecule has 0 spiro atoms. The normalized spacial score (nSPS) is 9.85. The van der Waals surface area contributed by atoms with Crippen LogP contribution in [-0.4, -0.2) is 0 Å². The van der Waals surface area contributed by atoms with Gasteiger partial charge in [-0.05, 0) is 36.8 Å². The van der Waals surface area contributed by atoms with Crippen molar-refractivity contribution in [2.75, 3.05) is 0 Å². The molecule has 0 amide bonds. The first kappa shape index (κ1) is 14.3. The number of pyridine rings is 1. The first-order valence-electron chi connectivity index (χ1n) is 6.48. The highest BCUT2D eigenvalue weighted by Crippen LogP contribution is 2.20. The van der Waals surface area contributed by atoms with Gasteiger partial charge >= 0.3 is 0 Å². The van der Waals surface area contributed by atoms with E-state index in [0.29, 0.717) is 0 Å². The molecule has 0 unspecified atom stereocenters. The van der Waals surface area contributed by atoms with Gasteiger partial charge in [0.05, 0.1) is 0 Å². The second-order valence-electron chi connectivity index (χ2n) is 4.72. The molecule has 0 aliphatic rings. The zero-order valence-electron chi connectivity index (χ0n) is 11.3. The highest BCUT2D eigenvalue weighted by molar-refractivity contribution is 5.61. The summed E-state index contributed by atoms with van der Waals surface area (Å²) < 4.78 is 0. The summed E-state index contributed by atoms with van der Waals surface area (Å²) in [6, 6.07) is 25.2. The summed E-state index contributed by atoms with van der Waals surface area (Å²) in [6.45, 7) is 2.13. The lowest BCUT2D eigenvalue weighted by atomic mass is 10.1. The van der Waals surface area contributed by atoms with Crippen molar-refractivity contribution in [2.24, 2.45) is 0 Å². The van der Waals surface area contributed by atoms with Crippen LogP contribution >= 0.6 is 0 Å². The van der Waals surface area contributed by atoms with E-state index >= 15 is 0 Å². The Hall–Kier alpha value is -2.12. The number of aromatic nitrogens is 1. The third-order valence-corrected chi connectivity index (χ3v) is 3.18. The number of benzene rings is 2. The number of halogens is 1. The first-order valence-corrected chi connectivity index (χ1v) is 6.48. The van der Waals surface area contributed by atoms with Crippen LogP contribution in [0.4, 0.5) is 0 Å². The van der Waals surface area contributed by atoms with Gasteiger partial charge in [-0.3, -0.25) is 0 Å². The Balaban J connectivity index is 0.00000147. The maximum atomic E-state index is 3.52. The minimum absolute atomic E-state index is 0. The smallest absolute Gasteiger partial charge is 0.211 e. The molecule has 2 aromatic carbocycles. The van der Waals surface area contributed by atoms with Gasteiger partial charge in [0.15, 0.2) is 0 Å². The van der Waals surface area contributed by atoms with Crippen LogP contribution in [0.5, 0.6) is 0 Å². The summed E-state index contributed by atoms with van der Waals surface area (Å²) in [7, 11) is 0. The summed E-state index contributed by atoms with van der Waals surface area (Å²) >= 11 is 0. The van der Waals surface area contributed by atoms with Crippen LogP contribution in [0.25, 0.3) is 22.5 Å². The van der Waals surface area contributed by atoms with Crippen LogP contribution in [0.2, 0.25) is 0 Å². The summed E-state index contributed by atoms with van der Waals surface area (Å²) in [5.74, 6) is 0. The number of nitrogens with one attached hydrogen (secondary N) is 1. The van der Waals surface area contributed by atoms with E-state index in [9.17, 15) is 0 Å². The lowest BCUT2D eigenvalue weighted by molar-refractivity contribution is -0.351. The van der Waals surface area contributed by atoms with E-state index in [1.54, 1.807) is 0 Å². The van der Waals surface area contributed by atoms with E-state index in [2.05, 4.69) is 72.6 Å². The lowest BCUT2D eigenvalue weighted by Gasteiger charge is -2.01. The molecule has 1 N–H and O–H groups in total. The van der Waals surface area contributed by atoms with Crippen LogP contribution in [0, 0.1) is 6.92 Å². The highest BCUT2D eigenvalue weighted by Gasteiger charge is 2.11. The molecule has 1 heterocycles. The number of rotatable bonds is 2. The van der Waals surface area contributed by atoms with Crippen molar-refractivity contribution in [3.8, 4) is 22.5 Å². The minimum Gasteiger partial charge on any atom is -1.00 e. The van der Waals surface area contributed by atoms with Gasteiger partial charge in [0.25, 0.3) is 0 Å². The van der Waals surface area contributed by atoms with Gasteiger partial charge in [-0.25, -0.2) is 4.98 Å². The molecule has 0 bridgehead atoms. The molecule has 0 aliphatic carbocycles. The van der Waals surface area contributed by atoms with Gasteiger partial charge in [-0.15, -0.1) is 0 Å². The number of aryl methyl sites for hydroxylation is 1. The Morgan fingerprint density at radius 3 is 1.45 bits per heavy atom.